The van der Waals surface area contributed by atoms with E-state index in [0.717, 1.165) is 23.7 Å². The van der Waals surface area contributed by atoms with Gasteiger partial charge in [0, 0.05) is 22.7 Å². The maximum absolute atomic E-state index is 6.08. The monoisotopic (exact) mass is 257 g/mol. The second-order valence-corrected chi connectivity index (χ2v) is 5.99. The summed E-state index contributed by atoms with van der Waals surface area (Å²) in [5.41, 5.74) is 0.237. The molecule has 1 aromatic rings. The lowest BCUT2D eigenvalue weighted by Gasteiger charge is -2.24. The van der Waals surface area contributed by atoms with Gasteiger partial charge in [0.1, 0.15) is 0 Å². The summed E-state index contributed by atoms with van der Waals surface area (Å²) in [4.78, 5) is 1.17. The summed E-state index contributed by atoms with van der Waals surface area (Å²) < 4.78 is 0. The molecule has 0 atom stereocenters. The van der Waals surface area contributed by atoms with Crippen molar-refractivity contribution >= 4 is 23.4 Å². The van der Waals surface area contributed by atoms with Gasteiger partial charge in [0.05, 0.1) is 5.02 Å². The Bertz CT molecular complexity index is 325. The fraction of sp³-hybridized carbons (Fsp3) is 0.538. The summed E-state index contributed by atoms with van der Waals surface area (Å²) in [5, 5.41) is 4.38. The van der Waals surface area contributed by atoms with Gasteiger partial charge < -0.3 is 5.32 Å². The summed E-state index contributed by atoms with van der Waals surface area (Å²) in [6, 6.07) is 7.99. The molecule has 16 heavy (non-hydrogen) atoms. The lowest BCUT2D eigenvalue weighted by molar-refractivity contribution is 0.388. The van der Waals surface area contributed by atoms with Crippen molar-refractivity contribution in [3.05, 3.63) is 29.3 Å². The van der Waals surface area contributed by atoms with E-state index in [1.807, 2.05) is 18.2 Å². The standard InChI is InChI=1S/C13H20ClNS/c1-4-13(2,3)15-9-10-16-12-8-6-5-7-11(12)14/h5-8,15H,4,9-10H2,1-3H3. The average Bonchev–Trinajstić information content (AvgIpc) is 2.27. The maximum Gasteiger partial charge on any atom is 0.0541 e. The minimum atomic E-state index is 0.237. The highest BCUT2D eigenvalue weighted by molar-refractivity contribution is 7.99. The number of nitrogens with one attached hydrogen (secondary N) is 1. The van der Waals surface area contributed by atoms with E-state index < -0.39 is 0 Å². The van der Waals surface area contributed by atoms with Crippen LogP contribution in [0.5, 0.6) is 0 Å². The summed E-state index contributed by atoms with van der Waals surface area (Å²) >= 11 is 7.88. The molecular formula is C13H20ClNS. The van der Waals surface area contributed by atoms with Crippen LogP contribution in [0.1, 0.15) is 27.2 Å². The van der Waals surface area contributed by atoms with Crippen molar-refractivity contribution in [2.45, 2.75) is 37.6 Å². The van der Waals surface area contributed by atoms with Crippen LogP contribution in [0.25, 0.3) is 0 Å². The van der Waals surface area contributed by atoms with Crippen molar-refractivity contribution in [1.82, 2.24) is 5.32 Å². The molecule has 0 saturated carbocycles. The van der Waals surface area contributed by atoms with E-state index in [2.05, 4.69) is 32.2 Å². The molecule has 0 bridgehead atoms. The molecule has 3 heteroatoms. The lowest BCUT2D eigenvalue weighted by atomic mass is 10.0. The van der Waals surface area contributed by atoms with Gasteiger partial charge in [-0.1, -0.05) is 30.7 Å². The van der Waals surface area contributed by atoms with E-state index in [9.17, 15) is 0 Å². The van der Waals surface area contributed by atoms with Crippen molar-refractivity contribution < 1.29 is 0 Å². The Morgan fingerprint density at radius 3 is 2.62 bits per heavy atom. The topological polar surface area (TPSA) is 12.0 Å². The molecule has 1 rings (SSSR count). The zero-order chi connectivity index (χ0) is 12.0. The fourth-order valence-corrected chi connectivity index (χ4v) is 2.34. The van der Waals surface area contributed by atoms with Gasteiger partial charge in [-0.2, -0.15) is 0 Å². The van der Waals surface area contributed by atoms with Crippen molar-refractivity contribution in [2.24, 2.45) is 0 Å². The Balaban J connectivity index is 2.29. The van der Waals surface area contributed by atoms with Crippen LogP contribution in [0.3, 0.4) is 0 Å². The van der Waals surface area contributed by atoms with E-state index in [1.54, 1.807) is 11.8 Å². The summed E-state index contributed by atoms with van der Waals surface area (Å²) in [6.07, 6.45) is 1.14. The highest BCUT2D eigenvalue weighted by atomic mass is 35.5. The molecule has 0 amide bonds. The summed E-state index contributed by atoms with van der Waals surface area (Å²) in [6.45, 7) is 7.67. The number of thioether (sulfide) groups is 1. The molecule has 0 spiro atoms. The van der Waals surface area contributed by atoms with Crippen molar-refractivity contribution in [2.75, 3.05) is 12.3 Å². The van der Waals surface area contributed by atoms with Crippen molar-refractivity contribution in [3.8, 4) is 0 Å². The average molecular weight is 258 g/mol. The number of rotatable bonds is 6. The molecule has 1 nitrogen and oxygen atoms in total. The minimum absolute atomic E-state index is 0.237. The summed E-state index contributed by atoms with van der Waals surface area (Å²) in [5.74, 6) is 1.05. The first-order valence-electron chi connectivity index (χ1n) is 5.67. The van der Waals surface area contributed by atoms with Crippen LogP contribution in [0.2, 0.25) is 5.02 Å². The molecule has 90 valence electrons. The molecule has 1 aromatic carbocycles. The highest BCUT2D eigenvalue weighted by Gasteiger charge is 2.12. The van der Waals surface area contributed by atoms with Crippen LogP contribution in [0.15, 0.2) is 29.2 Å². The number of halogens is 1. The molecule has 0 aliphatic rings. The van der Waals surface area contributed by atoms with Crippen LogP contribution < -0.4 is 5.32 Å². The van der Waals surface area contributed by atoms with Crippen molar-refractivity contribution in [3.63, 3.8) is 0 Å². The van der Waals surface area contributed by atoms with E-state index in [-0.39, 0.29) is 5.54 Å². The fourth-order valence-electron chi connectivity index (χ4n) is 1.24. The van der Waals surface area contributed by atoms with Crippen LogP contribution in [0.4, 0.5) is 0 Å². The molecule has 1 N–H and O–H groups in total. The number of hydrogen-bond acceptors (Lipinski definition) is 2. The Labute approximate surface area is 108 Å². The van der Waals surface area contributed by atoms with E-state index >= 15 is 0 Å². The Hall–Kier alpha value is -0.180. The Morgan fingerprint density at radius 2 is 2.00 bits per heavy atom. The highest BCUT2D eigenvalue weighted by Crippen LogP contribution is 2.26. The number of hydrogen-bond donors (Lipinski definition) is 1. The Kier molecular flexibility index (Phi) is 5.67. The first-order valence-corrected chi connectivity index (χ1v) is 7.04. The quantitative estimate of drug-likeness (QED) is 0.605. The molecule has 0 aliphatic carbocycles. The molecule has 0 aliphatic heterocycles. The van der Waals surface area contributed by atoms with Gasteiger partial charge in [0.2, 0.25) is 0 Å². The minimum Gasteiger partial charge on any atom is -0.311 e. The SMILES string of the molecule is CCC(C)(C)NCCSc1ccccc1Cl. The molecule has 0 saturated heterocycles. The normalized spacial score (nSPS) is 11.8. The van der Waals surface area contributed by atoms with Gasteiger partial charge in [0.15, 0.2) is 0 Å². The third kappa shape index (κ3) is 4.77. The zero-order valence-corrected chi connectivity index (χ0v) is 11.8. The van der Waals surface area contributed by atoms with Gasteiger partial charge in [-0.3, -0.25) is 0 Å². The first-order chi connectivity index (χ1) is 7.55. The first kappa shape index (κ1) is 13.9. The second-order valence-electron chi connectivity index (χ2n) is 4.44. The largest absolute Gasteiger partial charge is 0.311 e. The molecule has 0 unspecified atom stereocenters. The third-order valence-corrected chi connectivity index (χ3v) is 4.20. The number of benzene rings is 1. The molecule has 0 radical (unpaired) electrons. The van der Waals surface area contributed by atoms with Crippen LogP contribution >= 0.6 is 23.4 Å². The predicted molar refractivity (Wildman–Crippen MR) is 74.5 cm³/mol. The van der Waals surface area contributed by atoms with Crippen LogP contribution in [-0.4, -0.2) is 17.8 Å². The summed E-state index contributed by atoms with van der Waals surface area (Å²) in [7, 11) is 0. The van der Waals surface area contributed by atoms with E-state index in [1.165, 1.54) is 4.90 Å². The van der Waals surface area contributed by atoms with Gasteiger partial charge in [-0.15, -0.1) is 11.8 Å². The van der Waals surface area contributed by atoms with E-state index in [4.69, 9.17) is 11.6 Å². The molecule has 0 aromatic heterocycles. The van der Waals surface area contributed by atoms with E-state index in [0.29, 0.717) is 0 Å². The Morgan fingerprint density at radius 1 is 1.31 bits per heavy atom. The predicted octanol–water partition coefficient (Wildman–Crippen LogP) is 4.21. The molecule has 0 fully saturated rings. The van der Waals surface area contributed by atoms with Gasteiger partial charge >= 0.3 is 0 Å². The smallest absolute Gasteiger partial charge is 0.0541 e. The molecular weight excluding hydrogens is 238 g/mol. The van der Waals surface area contributed by atoms with Crippen molar-refractivity contribution in [1.29, 1.82) is 0 Å². The third-order valence-electron chi connectivity index (χ3n) is 2.68. The van der Waals surface area contributed by atoms with Gasteiger partial charge in [0.25, 0.3) is 0 Å². The maximum atomic E-state index is 6.08. The second kappa shape index (κ2) is 6.53. The lowest BCUT2D eigenvalue weighted by Crippen LogP contribution is -2.39. The van der Waals surface area contributed by atoms with Crippen LogP contribution in [0, 0.1) is 0 Å². The van der Waals surface area contributed by atoms with Gasteiger partial charge in [-0.25, -0.2) is 0 Å². The van der Waals surface area contributed by atoms with Gasteiger partial charge in [-0.05, 0) is 32.4 Å². The molecule has 0 heterocycles. The zero-order valence-electron chi connectivity index (χ0n) is 10.2. The van der Waals surface area contributed by atoms with Crippen LogP contribution in [-0.2, 0) is 0 Å².